The van der Waals surface area contributed by atoms with Crippen LogP contribution in [0.15, 0.2) is 30.5 Å². The fourth-order valence-electron chi connectivity index (χ4n) is 7.02. The Balaban J connectivity index is 1.53. The number of nitrogens with one attached hydrogen (secondary N) is 2. The number of likely N-dealkylation sites (N-methyl/N-ethyl adjacent to an activating group) is 1. The van der Waals surface area contributed by atoms with Gasteiger partial charge in [-0.15, -0.1) is 0 Å². The average molecular weight is 653 g/mol. The summed E-state index contributed by atoms with van der Waals surface area (Å²) in [6.45, 7) is 12.9. The van der Waals surface area contributed by atoms with Crippen molar-refractivity contribution in [1.82, 2.24) is 24.9 Å². The fourth-order valence-corrected chi connectivity index (χ4v) is 7.02. The Morgan fingerprint density at radius 3 is 2.30 bits per heavy atom. The molecule has 2 aliphatic rings. The van der Waals surface area contributed by atoms with Crippen LogP contribution in [-0.2, 0) is 20.9 Å². The molecule has 11 heteroatoms. The molecule has 1 saturated carbocycles. The molecule has 0 radical (unpaired) electrons. The SMILES string of the molecule is CCC(=O)N[C@@H](C(=O)N1CCN(C)CC1)[C@@H](C)c1ccc(NC(=O)[C@@H](CC(=O)c2ccnn2CC)[C@H](C)C2CCC(C)CC2)c(F)c1. The molecule has 258 valence electrons. The first-order valence-electron chi connectivity index (χ1n) is 17.3. The molecule has 1 aromatic heterocycles. The number of hydrogen-bond acceptors (Lipinski definition) is 6. The number of halogens is 1. The second-order valence-electron chi connectivity index (χ2n) is 13.7. The lowest BCUT2D eigenvalue weighted by atomic mass is 9.71. The maximum absolute atomic E-state index is 15.7. The molecular weight excluding hydrogens is 599 g/mol. The predicted molar refractivity (Wildman–Crippen MR) is 180 cm³/mol. The zero-order valence-corrected chi connectivity index (χ0v) is 28.9. The van der Waals surface area contributed by atoms with Crippen molar-refractivity contribution >= 4 is 29.2 Å². The summed E-state index contributed by atoms with van der Waals surface area (Å²) < 4.78 is 17.4. The highest BCUT2D eigenvalue weighted by molar-refractivity contribution is 6.00. The van der Waals surface area contributed by atoms with Gasteiger partial charge in [0.15, 0.2) is 5.78 Å². The van der Waals surface area contributed by atoms with Gasteiger partial charge in [-0.25, -0.2) is 4.39 Å². The van der Waals surface area contributed by atoms with Crippen LogP contribution in [0.4, 0.5) is 10.1 Å². The fraction of sp³-hybridized carbons (Fsp3) is 0.639. The van der Waals surface area contributed by atoms with E-state index in [-0.39, 0.29) is 48.0 Å². The zero-order valence-electron chi connectivity index (χ0n) is 28.9. The molecule has 4 atom stereocenters. The van der Waals surface area contributed by atoms with Crippen LogP contribution in [0.5, 0.6) is 0 Å². The molecule has 2 heterocycles. The van der Waals surface area contributed by atoms with Crippen molar-refractivity contribution in [1.29, 1.82) is 0 Å². The summed E-state index contributed by atoms with van der Waals surface area (Å²) >= 11 is 0. The Morgan fingerprint density at radius 1 is 1.00 bits per heavy atom. The number of carbonyl (C=O) groups is 4. The van der Waals surface area contributed by atoms with Gasteiger partial charge in [0.05, 0.1) is 5.69 Å². The maximum atomic E-state index is 15.7. The number of amides is 3. The van der Waals surface area contributed by atoms with Crippen LogP contribution in [-0.4, -0.2) is 82.4 Å². The predicted octanol–water partition coefficient (Wildman–Crippen LogP) is 5.10. The lowest BCUT2D eigenvalue weighted by molar-refractivity contribution is -0.138. The maximum Gasteiger partial charge on any atom is 0.245 e. The minimum Gasteiger partial charge on any atom is -0.344 e. The van der Waals surface area contributed by atoms with E-state index >= 15 is 4.39 Å². The van der Waals surface area contributed by atoms with Gasteiger partial charge in [-0.3, -0.25) is 23.9 Å². The topological polar surface area (TPSA) is 117 Å². The van der Waals surface area contributed by atoms with Gasteiger partial charge >= 0.3 is 0 Å². The number of Topliss-reactive ketones (excluding diaryl/α,β-unsaturated/α-hetero) is 1. The van der Waals surface area contributed by atoms with E-state index in [1.165, 1.54) is 12.1 Å². The van der Waals surface area contributed by atoms with Crippen LogP contribution in [0.1, 0.15) is 95.1 Å². The second-order valence-corrected chi connectivity index (χ2v) is 13.7. The highest BCUT2D eigenvalue weighted by Crippen LogP contribution is 2.38. The Labute approximate surface area is 278 Å². The van der Waals surface area contributed by atoms with Crippen molar-refractivity contribution in [3.8, 4) is 0 Å². The van der Waals surface area contributed by atoms with Crippen molar-refractivity contribution in [2.24, 2.45) is 23.7 Å². The highest BCUT2D eigenvalue weighted by Gasteiger charge is 2.36. The van der Waals surface area contributed by atoms with E-state index < -0.39 is 23.7 Å². The number of piperazine rings is 1. The molecule has 0 unspecified atom stereocenters. The molecular formula is C36H53FN6O4. The Kier molecular flexibility index (Phi) is 12.7. The number of aromatic nitrogens is 2. The molecule has 2 aromatic rings. The second kappa shape index (κ2) is 16.5. The zero-order chi connectivity index (χ0) is 34.2. The minimum atomic E-state index is -0.850. The monoisotopic (exact) mass is 652 g/mol. The first-order chi connectivity index (χ1) is 22.4. The minimum absolute atomic E-state index is 0.00862. The summed E-state index contributed by atoms with van der Waals surface area (Å²) in [6, 6.07) is 5.36. The van der Waals surface area contributed by atoms with E-state index in [2.05, 4.69) is 27.6 Å². The molecule has 1 saturated heterocycles. The van der Waals surface area contributed by atoms with Crippen LogP contribution < -0.4 is 10.6 Å². The van der Waals surface area contributed by atoms with Crippen molar-refractivity contribution < 1.29 is 23.6 Å². The molecule has 1 aliphatic carbocycles. The number of hydrogen-bond donors (Lipinski definition) is 2. The van der Waals surface area contributed by atoms with Crippen molar-refractivity contribution in [3.05, 3.63) is 47.5 Å². The summed E-state index contributed by atoms with van der Waals surface area (Å²) in [6.07, 6.45) is 5.99. The smallest absolute Gasteiger partial charge is 0.245 e. The summed E-state index contributed by atoms with van der Waals surface area (Å²) in [5.41, 5.74) is 1.02. The summed E-state index contributed by atoms with van der Waals surface area (Å²) in [5, 5.41) is 9.88. The summed E-state index contributed by atoms with van der Waals surface area (Å²) in [7, 11) is 2.00. The molecule has 3 amide bonds. The molecule has 4 rings (SSSR count). The Bertz CT molecular complexity index is 1400. The molecule has 10 nitrogen and oxygen atoms in total. The van der Waals surface area contributed by atoms with Crippen LogP contribution in [0.3, 0.4) is 0 Å². The number of nitrogens with zero attached hydrogens (tertiary/aromatic N) is 4. The van der Waals surface area contributed by atoms with Crippen LogP contribution in [0, 0.1) is 29.5 Å². The Morgan fingerprint density at radius 2 is 1.68 bits per heavy atom. The summed E-state index contributed by atoms with van der Waals surface area (Å²) in [4.78, 5) is 57.3. The first-order valence-corrected chi connectivity index (χ1v) is 17.3. The molecule has 2 fully saturated rings. The molecule has 0 spiro atoms. The van der Waals surface area contributed by atoms with Crippen molar-refractivity contribution in [3.63, 3.8) is 0 Å². The van der Waals surface area contributed by atoms with E-state index in [1.54, 1.807) is 41.8 Å². The number of ketones is 1. The number of rotatable bonds is 13. The van der Waals surface area contributed by atoms with E-state index in [0.29, 0.717) is 42.7 Å². The third-order valence-electron chi connectivity index (χ3n) is 10.5. The van der Waals surface area contributed by atoms with Gasteiger partial charge < -0.3 is 20.4 Å². The molecule has 2 N–H and O–H groups in total. The molecule has 1 aromatic carbocycles. The van der Waals surface area contributed by atoms with Crippen molar-refractivity contribution in [2.45, 2.75) is 91.6 Å². The van der Waals surface area contributed by atoms with E-state index in [9.17, 15) is 19.2 Å². The lowest BCUT2D eigenvalue weighted by Gasteiger charge is -2.36. The van der Waals surface area contributed by atoms with Crippen molar-refractivity contribution in [2.75, 3.05) is 38.5 Å². The number of aryl methyl sites for hydroxylation is 1. The number of benzene rings is 1. The number of carbonyl (C=O) groups excluding carboxylic acids is 4. The van der Waals surface area contributed by atoms with E-state index in [4.69, 9.17) is 0 Å². The van der Waals surface area contributed by atoms with Gasteiger partial charge in [0, 0.05) is 63.6 Å². The quantitative estimate of drug-likeness (QED) is 0.291. The van der Waals surface area contributed by atoms with Gasteiger partial charge in [0.1, 0.15) is 17.6 Å². The average Bonchev–Trinajstić information content (AvgIpc) is 3.56. The third-order valence-corrected chi connectivity index (χ3v) is 10.5. The van der Waals surface area contributed by atoms with Gasteiger partial charge in [-0.2, -0.15) is 5.10 Å². The van der Waals surface area contributed by atoms with Crippen LogP contribution in [0.25, 0.3) is 0 Å². The molecule has 0 bridgehead atoms. The van der Waals surface area contributed by atoms with E-state index in [0.717, 1.165) is 38.8 Å². The number of anilines is 1. The first kappa shape index (κ1) is 36.2. The normalized spacial score (nSPS) is 21.4. The van der Waals surface area contributed by atoms with Gasteiger partial charge in [-0.1, -0.05) is 46.6 Å². The van der Waals surface area contributed by atoms with Crippen LogP contribution in [0.2, 0.25) is 0 Å². The van der Waals surface area contributed by atoms with Gasteiger partial charge in [0.25, 0.3) is 0 Å². The standard InChI is InChI=1S/C36H53FN6O4/c1-7-33(45)40-34(36(47)42-19-17-41(6)18-20-42)25(5)27-13-14-30(29(37)21-27)39-35(46)28(24(4)26-11-9-23(3)10-12-26)22-32(44)31-15-16-38-43(31)8-2/h13-16,21,23-26,28,34H,7-12,17-20,22H2,1-6H3,(H,39,46)(H,40,45)/t23?,24-,25+,26?,28+,34-/m1/s1. The lowest BCUT2D eigenvalue weighted by Crippen LogP contribution is -2.55. The third kappa shape index (κ3) is 9.06. The molecule has 47 heavy (non-hydrogen) atoms. The summed E-state index contributed by atoms with van der Waals surface area (Å²) in [5.74, 6) is -1.90. The highest BCUT2D eigenvalue weighted by atomic mass is 19.1. The van der Waals surface area contributed by atoms with Gasteiger partial charge in [0.2, 0.25) is 17.7 Å². The van der Waals surface area contributed by atoms with Gasteiger partial charge in [-0.05, 0) is 68.3 Å². The van der Waals surface area contributed by atoms with E-state index in [1.807, 2.05) is 20.9 Å². The molecule has 1 aliphatic heterocycles. The Hall–Kier alpha value is -3.60. The largest absolute Gasteiger partial charge is 0.344 e. The van der Waals surface area contributed by atoms with Crippen LogP contribution >= 0.6 is 0 Å².